The first-order valence-electron chi connectivity index (χ1n) is 6.48. The van der Waals surface area contributed by atoms with E-state index >= 15 is 0 Å². The second-order valence-electron chi connectivity index (χ2n) is 4.90. The SMILES string of the molecule is NCC1CCCCN1C(=O)C1CC=CCC1. The van der Waals surface area contributed by atoms with Crippen molar-refractivity contribution in [3.05, 3.63) is 12.2 Å². The van der Waals surface area contributed by atoms with Crippen molar-refractivity contribution in [1.29, 1.82) is 0 Å². The molecule has 0 saturated carbocycles. The van der Waals surface area contributed by atoms with Gasteiger partial charge in [0.25, 0.3) is 0 Å². The van der Waals surface area contributed by atoms with Crippen molar-refractivity contribution in [2.75, 3.05) is 13.1 Å². The summed E-state index contributed by atoms with van der Waals surface area (Å²) in [5.41, 5.74) is 5.75. The molecule has 1 aliphatic heterocycles. The van der Waals surface area contributed by atoms with Crippen LogP contribution in [0.1, 0.15) is 38.5 Å². The summed E-state index contributed by atoms with van der Waals surface area (Å²) in [5, 5.41) is 0. The Balaban J connectivity index is 1.98. The molecule has 2 unspecified atom stereocenters. The molecule has 0 bridgehead atoms. The molecule has 90 valence electrons. The monoisotopic (exact) mass is 222 g/mol. The van der Waals surface area contributed by atoms with E-state index in [4.69, 9.17) is 5.73 Å². The fraction of sp³-hybridized carbons (Fsp3) is 0.769. The van der Waals surface area contributed by atoms with Crippen LogP contribution in [0.4, 0.5) is 0 Å². The van der Waals surface area contributed by atoms with Gasteiger partial charge in [0.1, 0.15) is 0 Å². The van der Waals surface area contributed by atoms with E-state index in [9.17, 15) is 4.79 Å². The lowest BCUT2D eigenvalue weighted by atomic mass is 9.91. The average Bonchev–Trinajstić information content (AvgIpc) is 2.39. The predicted octanol–water partition coefficient (Wildman–Crippen LogP) is 1.68. The molecule has 1 amide bonds. The molecule has 0 aromatic carbocycles. The Kier molecular flexibility index (Phi) is 3.99. The smallest absolute Gasteiger partial charge is 0.226 e. The molecule has 0 aromatic rings. The van der Waals surface area contributed by atoms with Crippen molar-refractivity contribution >= 4 is 5.91 Å². The zero-order chi connectivity index (χ0) is 11.4. The zero-order valence-electron chi connectivity index (χ0n) is 9.90. The minimum absolute atomic E-state index is 0.220. The van der Waals surface area contributed by atoms with Crippen LogP contribution in [0.2, 0.25) is 0 Å². The van der Waals surface area contributed by atoms with Crippen LogP contribution in [0.3, 0.4) is 0 Å². The van der Waals surface area contributed by atoms with Gasteiger partial charge < -0.3 is 10.6 Å². The van der Waals surface area contributed by atoms with E-state index in [2.05, 4.69) is 12.2 Å². The zero-order valence-corrected chi connectivity index (χ0v) is 9.90. The lowest BCUT2D eigenvalue weighted by Crippen LogP contribution is -2.49. The largest absolute Gasteiger partial charge is 0.338 e. The van der Waals surface area contributed by atoms with E-state index in [1.165, 1.54) is 6.42 Å². The highest BCUT2D eigenvalue weighted by Crippen LogP contribution is 2.24. The molecule has 2 rings (SSSR count). The molecular weight excluding hydrogens is 200 g/mol. The number of likely N-dealkylation sites (tertiary alicyclic amines) is 1. The molecule has 1 fully saturated rings. The first-order valence-corrected chi connectivity index (χ1v) is 6.48. The molecule has 0 aromatic heterocycles. The second-order valence-corrected chi connectivity index (χ2v) is 4.90. The summed E-state index contributed by atoms with van der Waals surface area (Å²) in [4.78, 5) is 14.4. The van der Waals surface area contributed by atoms with Gasteiger partial charge in [0, 0.05) is 25.0 Å². The highest BCUT2D eigenvalue weighted by atomic mass is 16.2. The summed E-state index contributed by atoms with van der Waals surface area (Å²) in [6.07, 6.45) is 10.8. The normalized spacial score (nSPS) is 30.4. The van der Waals surface area contributed by atoms with Crippen LogP contribution in [0.15, 0.2) is 12.2 Å². The van der Waals surface area contributed by atoms with Gasteiger partial charge >= 0.3 is 0 Å². The molecule has 0 radical (unpaired) electrons. The van der Waals surface area contributed by atoms with Gasteiger partial charge in [-0.25, -0.2) is 0 Å². The van der Waals surface area contributed by atoms with Crippen molar-refractivity contribution in [3.63, 3.8) is 0 Å². The number of piperidine rings is 1. The molecular formula is C13H22N2O. The Bertz CT molecular complexity index is 275. The number of nitrogens with zero attached hydrogens (tertiary/aromatic N) is 1. The fourth-order valence-electron chi connectivity index (χ4n) is 2.79. The van der Waals surface area contributed by atoms with E-state index in [-0.39, 0.29) is 5.92 Å². The third-order valence-corrected chi connectivity index (χ3v) is 3.80. The Labute approximate surface area is 97.7 Å². The number of amides is 1. The first-order chi connectivity index (χ1) is 7.83. The van der Waals surface area contributed by atoms with E-state index in [1.54, 1.807) is 0 Å². The lowest BCUT2D eigenvalue weighted by Gasteiger charge is -2.37. The summed E-state index contributed by atoms with van der Waals surface area (Å²) < 4.78 is 0. The number of rotatable bonds is 2. The number of hydrogen-bond donors (Lipinski definition) is 1. The van der Waals surface area contributed by atoms with Crippen LogP contribution in [0.25, 0.3) is 0 Å². The van der Waals surface area contributed by atoms with Gasteiger partial charge in [0.15, 0.2) is 0 Å². The molecule has 2 atom stereocenters. The van der Waals surface area contributed by atoms with Gasteiger partial charge in [-0.05, 0) is 38.5 Å². The van der Waals surface area contributed by atoms with Gasteiger partial charge in [0.05, 0.1) is 0 Å². The van der Waals surface area contributed by atoms with Crippen molar-refractivity contribution in [1.82, 2.24) is 4.90 Å². The predicted molar refractivity (Wildman–Crippen MR) is 64.9 cm³/mol. The van der Waals surface area contributed by atoms with Crippen molar-refractivity contribution in [3.8, 4) is 0 Å². The molecule has 16 heavy (non-hydrogen) atoms. The third-order valence-electron chi connectivity index (χ3n) is 3.80. The molecule has 3 nitrogen and oxygen atoms in total. The van der Waals surface area contributed by atoms with Gasteiger partial charge in [0.2, 0.25) is 5.91 Å². The number of hydrogen-bond acceptors (Lipinski definition) is 2. The summed E-state index contributed by atoms with van der Waals surface area (Å²) in [7, 11) is 0. The maximum atomic E-state index is 12.4. The number of nitrogens with two attached hydrogens (primary N) is 1. The Morgan fingerprint density at radius 3 is 2.88 bits per heavy atom. The highest BCUT2D eigenvalue weighted by Gasteiger charge is 2.30. The van der Waals surface area contributed by atoms with Crippen LogP contribution >= 0.6 is 0 Å². The summed E-state index contributed by atoms with van der Waals surface area (Å²) in [5.74, 6) is 0.566. The Morgan fingerprint density at radius 2 is 2.19 bits per heavy atom. The van der Waals surface area contributed by atoms with Crippen LogP contribution in [0.5, 0.6) is 0 Å². The quantitative estimate of drug-likeness (QED) is 0.723. The van der Waals surface area contributed by atoms with E-state index < -0.39 is 0 Å². The van der Waals surface area contributed by atoms with E-state index in [0.29, 0.717) is 18.5 Å². The number of carbonyl (C=O) groups is 1. The van der Waals surface area contributed by atoms with Gasteiger partial charge in [-0.15, -0.1) is 0 Å². The van der Waals surface area contributed by atoms with Crippen molar-refractivity contribution < 1.29 is 4.79 Å². The van der Waals surface area contributed by atoms with Crippen molar-refractivity contribution in [2.24, 2.45) is 11.7 Å². The molecule has 0 spiro atoms. The summed E-state index contributed by atoms with van der Waals surface area (Å²) in [6, 6.07) is 0.298. The standard InChI is InChI=1S/C13H22N2O/c14-10-12-8-4-5-9-15(12)13(16)11-6-2-1-3-7-11/h1-2,11-12H,3-10,14H2. The van der Waals surface area contributed by atoms with Crippen LogP contribution in [0, 0.1) is 5.92 Å². The summed E-state index contributed by atoms with van der Waals surface area (Å²) in [6.45, 7) is 1.54. The molecule has 1 aliphatic carbocycles. The third kappa shape index (κ3) is 2.46. The maximum Gasteiger partial charge on any atom is 0.226 e. The van der Waals surface area contributed by atoms with Crippen LogP contribution in [-0.4, -0.2) is 29.9 Å². The highest BCUT2D eigenvalue weighted by molar-refractivity contribution is 5.79. The molecule has 1 saturated heterocycles. The first kappa shape index (κ1) is 11.6. The Hall–Kier alpha value is -0.830. The Morgan fingerprint density at radius 1 is 1.31 bits per heavy atom. The average molecular weight is 222 g/mol. The lowest BCUT2D eigenvalue weighted by molar-refractivity contribution is -0.139. The minimum atomic E-state index is 0.220. The van der Waals surface area contributed by atoms with Gasteiger partial charge in [-0.1, -0.05) is 12.2 Å². The van der Waals surface area contributed by atoms with E-state index in [1.807, 2.05) is 4.90 Å². The topological polar surface area (TPSA) is 46.3 Å². The fourth-order valence-corrected chi connectivity index (χ4v) is 2.79. The minimum Gasteiger partial charge on any atom is -0.338 e. The maximum absolute atomic E-state index is 12.4. The van der Waals surface area contributed by atoms with E-state index in [0.717, 1.165) is 38.6 Å². The molecule has 2 aliphatic rings. The van der Waals surface area contributed by atoms with Gasteiger partial charge in [-0.2, -0.15) is 0 Å². The second kappa shape index (κ2) is 5.48. The van der Waals surface area contributed by atoms with Crippen molar-refractivity contribution in [2.45, 2.75) is 44.6 Å². The molecule has 2 N–H and O–H groups in total. The molecule has 3 heteroatoms. The van der Waals surface area contributed by atoms with Crippen LogP contribution < -0.4 is 5.73 Å². The number of allylic oxidation sites excluding steroid dienone is 2. The summed E-state index contributed by atoms with van der Waals surface area (Å²) >= 11 is 0. The molecule has 1 heterocycles. The number of carbonyl (C=O) groups excluding carboxylic acids is 1. The van der Waals surface area contributed by atoms with Gasteiger partial charge in [-0.3, -0.25) is 4.79 Å². The van der Waals surface area contributed by atoms with Crippen LogP contribution in [-0.2, 0) is 4.79 Å².